The number of carbonyl (C=O) groups is 1. The molecule has 1 aromatic rings. The Kier molecular flexibility index (Phi) is 4.47. The van der Waals surface area contributed by atoms with Gasteiger partial charge in [-0.15, -0.1) is 0 Å². The Bertz CT molecular complexity index is 496. The predicted octanol–water partition coefficient (Wildman–Crippen LogP) is 2.68. The minimum absolute atomic E-state index is 0.0573. The van der Waals surface area contributed by atoms with E-state index >= 15 is 0 Å². The van der Waals surface area contributed by atoms with Crippen LogP contribution in [-0.2, 0) is 0 Å². The second-order valence-electron chi connectivity index (χ2n) is 4.75. The molecule has 19 heavy (non-hydrogen) atoms. The molecular formula is C13H19N3O3. The zero-order valence-corrected chi connectivity index (χ0v) is 11.4. The van der Waals surface area contributed by atoms with Gasteiger partial charge in [0.15, 0.2) is 0 Å². The van der Waals surface area contributed by atoms with E-state index in [0.29, 0.717) is 5.69 Å². The van der Waals surface area contributed by atoms with Crippen molar-refractivity contribution in [2.75, 3.05) is 5.32 Å². The number of hydrogen-bond donors (Lipinski definition) is 2. The van der Waals surface area contributed by atoms with E-state index in [1.807, 2.05) is 20.8 Å². The van der Waals surface area contributed by atoms with Crippen molar-refractivity contribution < 1.29 is 9.72 Å². The lowest BCUT2D eigenvalue weighted by Gasteiger charge is -2.29. The summed E-state index contributed by atoms with van der Waals surface area (Å²) in [5.41, 5.74) is 5.46. The summed E-state index contributed by atoms with van der Waals surface area (Å²) in [6, 6.07) is 4.10. The maximum absolute atomic E-state index is 11.2. The SMILES string of the molecule is CCC(C)(CC)Nc1cc(C(N)=O)ccc1[N+](=O)[O-]. The van der Waals surface area contributed by atoms with Crippen LogP contribution in [0, 0.1) is 10.1 Å². The number of anilines is 1. The molecule has 1 aromatic carbocycles. The highest BCUT2D eigenvalue weighted by atomic mass is 16.6. The van der Waals surface area contributed by atoms with Gasteiger partial charge in [-0.2, -0.15) is 0 Å². The number of nitrogens with one attached hydrogen (secondary N) is 1. The summed E-state index contributed by atoms with van der Waals surface area (Å²) in [6.07, 6.45) is 1.61. The van der Waals surface area contributed by atoms with Crippen molar-refractivity contribution in [3.8, 4) is 0 Å². The Morgan fingerprint density at radius 1 is 1.42 bits per heavy atom. The minimum Gasteiger partial charge on any atom is -0.374 e. The topological polar surface area (TPSA) is 98.3 Å². The molecular weight excluding hydrogens is 246 g/mol. The third-order valence-corrected chi connectivity index (χ3v) is 3.47. The van der Waals surface area contributed by atoms with Gasteiger partial charge in [0.2, 0.25) is 5.91 Å². The van der Waals surface area contributed by atoms with E-state index in [0.717, 1.165) is 12.8 Å². The smallest absolute Gasteiger partial charge is 0.292 e. The van der Waals surface area contributed by atoms with E-state index < -0.39 is 10.8 Å². The molecule has 0 spiro atoms. The molecule has 0 heterocycles. The average Bonchev–Trinajstić information content (AvgIpc) is 2.38. The Hall–Kier alpha value is -2.11. The first-order valence-corrected chi connectivity index (χ1v) is 6.19. The third-order valence-electron chi connectivity index (χ3n) is 3.47. The lowest BCUT2D eigenvalue weighted by molar-refractivity contribution is -0.384. The van der Waals surface area contributed by atoms with Crippen molar-refractivity contribution >= 4 is 17.3 Å². The summed E-state index contributed by atoms with van der Waals surface area (Å²) in [4.78, 5) is 21.7. The number of nitrogens with zero attached hydrogens (tertiary/aromatic N) is 1. The van der Waals surface area contributed by atoms with Crippen molar-refractivity contribution in [1.82, 2.24) is 0 Å². The van der Waals surface area contributed by atoms with E-state index in [4.69, 9.17) is 5.73 Å². The highest BCUT2D eigenvalue weighted by Crippen LogP contribution is 2.30. The number of amides is 1. The maximum atomic E-state index is 11.2. The van der Waals surface area contributed by atoms with Gasteiger partial charge in [-0.25, -0.2) is 0 Å². The van der Waals surface area contributed by atoms with Crippen LogP contribution in [0.4, 0.5) is 11.4 Å². The van der Waals surface area contributed by atoms with Gasteiger partial charge in [-0.3, -0.25) is 14.9 Å². The first kappa shape index (κ1) is 14.9. The molecule has 1 rings (SSSR count). The van der Waals surface area contributed by atoms with Crippen LogP contribution < -0.4 is 11.1 Å². The summed E-state index contributed by atoms with van der Waals surface area (Å²) in [5.74, 6) is -0.604. The summed E-state index contributed by atoms with van der Waals surface area (Å²) in [6.45, 7) is 5.98. The van der Waals surface area contributed by atoms with Crippen LogP contribution in [0.15, 0.2) is 18.2 Å². The van der Waals surface area contributed by atoms with Crippen molar-refractivity contribution in [2.24, 2.45) is 5.73 Å². The van der Waals surface area contributed by atoms with E-state index in [9.17, 15) is 14.9 Å². The van der Waals surface area contributed by atoms with E-state index in [-0.39, 0.29) is 16.8 Å². The molecule has 0 radical (unpaired) electrons. The summed E-state index contributed by atoms with van der Waals surface area (Å²) in [7, 11) is 0. The monoisotopic (exact) mass is 265 g/mol. The molecule has 104 valence electrons. The lowest BCUT2D eigenvalue weighted by atomic mass is 9.94. The fraction of sp³-hybridized carbons (Fsp3) is 0.462. The molecule has 0 aromatic heterocycles. The number of hydrogen-bond acceptors (Lipinski definition) is 4. The van der Waals surface area contributed by atoms with E-state index in [1.54, 1.807) is 0 Å². The molecule has 0 aliphatic rings. The number of benzene rings is 1. The van der Waals surface area contributed by atoms with Crippen LogP contribution in [0.1, 0.15) is 44.0 Å². The van der Waals surface area contributed by atoms with Crippen LogP contribution in [0.25, 0.3) is 0 Å². The number of nitrogens with two attached hydrogens (primary N) is 1. The molecule has 6 nitrogen and oxygen atoms in total. The fourth-order valence-electron chi connectivity index (χ4n) is 1.70. The molecule has 1 amide bonds. The number of primary amides is 1. The molecule has 0 unspecified atom stereocenters. The summed E-state index contributed by atoms with van der Waals surface area (Å²) in [5, 5.41) is 14.2. The Morgan fingerprint density at radius 2 is 2.00 bits per heavy atom. The van der Waals surface area contributed by atoms with Crippen molar-refractivity contribution in [2.45, 2.75) is 39.2 Å². The van der Waals surface area contributed by atoms with Crippen molar-refractivity contribution in [1.29, 1.82) is 0 Å². The summed E-state index contributed by atoms with van der Waals surface area (Å²) >= 11 is 0. The number of nitro groups is 1. The van der Waals surface area contributed by atoms with E-state index in [2.05, 4.69) is 5.32 Å². The number of carbonyl (C=O) groups excluding carboxylic acids is 1. The normalized spacial score (nSPS) is 11.1. The first-order chi connectivity index (χ1) is 8.83. The second kappa shape index (κ2) is 5.69. The summed E-state index contributed by atoms with van der Waals surface area (Å²) < 4.78 is 0. The number of nitro benzene ring substituents is 1. The second-order valence-corrected chi connectivity index (χ2v) is 4.75. The predicted molar refractivity (Wildman–Crippen MR) is 74.2 cm³/mol. The molecule has 6 heteroatoms. The van der Waals surface area contributed by atoms with Gasteiger partial charge in [0, 0.05) is 17.2 Å². The van der Waals surface area contributed by atoms with Crippen LogP contribution in [0.3, 0.4) is 0 Å². The quantitative estimate of drug-likeness (QED) is 0.610. The third kappa shape index (κ3) is 3.43. The largest absolute Gasteiger partial charge is 0.374 e. The van der Waals surface area contributed by atoms with Gasteiger partial charge in [-0.1, -0.05) is 13.8 Å². The molecule has 0 saturated heterocycles. The van der Waals surface area contributed by atoms with Crippen molar-refractivity contribution in [3.63, 3.8) is 0 Å². The van der Waals surface area contributed by atoms with Gasteiger partial charge in [-0.05, 0) is 31.9 Å². The molecule has 0 atom stereocenters. The fourth-order valence-corrected chi connectivity index (χ4v) is 1.70. The van der Waals surface area contributed by atoms with Crippen LogP contribution in [0.2, 0.25) is 0 Å². The number of rotatable bonds is 6. The van der Waals surface area contributed by atoms with Gasteiger partial charge in [0.05, 0.1) is 4.92 Å². The van der Waals surface area contributed by atoms with Gasteiger partial charge < -0.3 is 11.1 Å². The lowest BCUT2D eigenvalue weighted by Crippen LogP contribution is -2.33. The zero-order valence-electron chi connectivity index (χ0n) is 11.4. The first-order valence-electron chi connectivity index (χ1n) is 6.19. The molecule has 0 saturated carbocycles. The van der Waals surface area contributed by atoms with Crippen LogP contribution >= 0.6 is 0 Å². The van der Waals surface area contributed by atoms with Gasteiger partial charge >= 0.3 is 0 Å². The Labute approximate surface area is 112 Å². The van der Waals surface area contributed by atoms with E-state index in [1.165, 1.54) is 18.2 Å². The maximum Gasteiger partial charge on any atom is 0.292 e. The molecule has 3 N–H and O–H groups in total. The van der Waals surface area contributed by atoms with Crippen molar-refractivity contribution in [3.05, 3.63) is 33.9 Å². The molecule has 0 aliphatic carbocycles. The van der Waals surface area contributed by atoms with Crippen LogP contribution in [-0.4, -0.2) is 16.4 Å². The standard InChI is InChI=1S/C13H19N3O3/c1-4-13(3,5-2)15-10-8-9(12(14)17)6-7-11(10)16(18)19/h6-8,15H,4-5H2,1-3H3,(H2,14,17). The van der Waals surface area contributed by atoms with Gasteiger partial charge in [0.1, 0.15) is 5.69 Å². The Balaban J connectivity index is 3.25. The zero-order chi connectivity index (χ0) is 14.6. The molecule has 0 fully saturated rings. The Morgan fingerprint density at radius 3 is 2.42 bits per heavy atom. The molecule has 0 aliphatic heterocycles. The van der Waals surface area contributed by atoms with Gasteiger partial charge in [0.25, 0.3) is 5.69 Å². The highest BCUT2D eigenvalue weighted by molar-refractivity contribution is 5.94. The minimum atomic E-state index is -0.604. The molecule has 0 bridgehead atoms. The van der Waals surface area contributed by atoms with Crippen LogP contribution in [0.5, 0.6) is 0 Å². The highest BCUT2D eigenvalue weighted by Gasteiger charge is 2.24. The average molecular weight is 265 g/mol.